The number of pyridine rings is 1. The van der Waals surface area contributed by atoms with Gasteiger partial charge in [-0.15, -0.1) is 0 Å². The van der Waals surface area contributed by atoms with Crippen LogP contribution in [0, 0.1) is 5.82 Å². The lowest BCUT2D eigenvalue weighted by Gasteiger charge is -2.19. The van der Waals surface area contributed by atoms with Gasteiger partial charge in [-0.25, -0.2) is 4.39 Å². The largest absolute Gasteiger partial charge is 0.457 e. The highest BCUT2D eigenvalue weighted by Gasteiger charge is 2.31. The van der Waals surface area contributed by atoms with Crippen molar-refractivity contribution in [2.45, 2.75) is 12.8 Å². The van der Waals surface area contributed by atoms with Crippen molar-refractivity contribution in [3.05, 3.63) is 76.1 Å². The molecule has 1 aliphatic rings. The van der Waals surface area contributed by atoms with Crippen molar-refractivity contribution in [1.29, 1.82) is 0 Å². The van der Waals surface area contributed by atoms with E-state index in [1.807, 2.05) is 0 Å². The van der Waals surface area contributed by atoms with Crippen LogP contribution in [0.1, 0.15) is 12.8 Å². The van der Waals surface area contributed by atoms with Crippen LogP contribution in [0.4, 0.5) is 10.1 Å². The second kappa shape index (κ2) is 7.90. The van der Waals surface area contributed by atoms with Gasteiger partial charge in [0.15, 0.2) is 0 Å². The quantitative estimate of drug-likeness (QED) is 0.440. The third-order valence-electron chi connectivity index (χ3n) is 5.58. The predicted molar refractivity (Wildman–Crippen MR) is 122 cm³/mol. The standard InChI is InChI=1S/C24H17ClFN3O4/c1-28-12-17(15-8-9-27-23(15)24(28)32)16-10-13(29-21(30)6-7-22(29)31)2-5-20(16)33-14-3-4-19(26)18(25)11-14/h2-5,8-12,27H,6-7H2,1H3. The molecule has 0 bridgehead atoms. The van der Waals surface area contributed by atoms with E-state index in [1.165, 1.54) is 22.8 Å². The van der Waals surface area contributed by atoms with Crippen LogP contribution >= 0.6 is 11.6 Å². The number of amides is 2. The molecular weight excluding hydrogens is 449 g/mol. The number of carbonyl (C=O) groups is 2. The number of H-pyrrole nitrogens is 1. The van der Waals surface area contributed by atoms with E-state index in [-0.39, 0.29) is 35.2 Å². The van der Waals surface area contributed by atoms with E-state index in [4.69, 9.17) is 16.3 Å². The molecule has 0 saturated carbocycles. The normalized spacial score (nSPS) is 13.8. The monoisotopic (exact) mass is 465 g/mol. The third-order valence-corrected chi connectivity index (χ3v) is 5.87. The number of carbonyl (C=O) groups excluding carboxylic acids is 2. The molecule has 2 aromatic carbocycles. The molecule has 1 fully saturated rings. The second-order valence-corrected chi connectivity index (χ2v) is 8.11. The number of fused-ring (bicyclic) bond motifs is 1. The molecular formula is C24H17ClFN3O4. The number of benzene rings is 2. The number of nitrogens with one attached hydrogen (secondary N) is 1. The summed E-state index contributed by atoms with van der Waals surface area (Å²) in [5.41, 5.74) is 1.80. The number of aromatic amines is 1. The maximum absolute atomic E-state index is 13.6. The molecule has 1 saturated heterocycles. The number of ether oxygens (including phenoxy) is 1. The smallest absolute Gasteiger partial charge is 0.274 e. The summed E-state index contributed by atoms with van der Waals surface area (Å²) in [6.45, 7) is 0. The molecule has 1 aliphatic heterocycles. The van der Waals surface area contributed by atoms with Gasteiger partial charge in [-0.3, -0.25) is 19.3 Å². The zero-order valence-electron chi connectivity index (χ0n) is 17.4. The third kappa shape index (κ3) is 3.58. The van der Waals surface area contributed by atoms with Gasteiger partial charge in [-0.1, -0.05) is 11.6 Å². The highest BCUT2D eigenvalue weighted by atomic mass is 35.5. The molecule has 0 aliphatic carbocycles. The average molecular weight is 466 g/mol. The van der Waals surface area contributed by atoms with E-state index in [0.29, 0.717) is 39.2 Å². The molecule has 2 amide bonds. The van der Waals surface area contributed by atoms with Crippen molar-refractivity contribution in [1.82, 2.24) is 9.55 Å². The van der Waals surface area contributed by atoms with Crippen molar-refractivity contribution in [2.24, 2.45) is 7.05 Å². The maximum Gasteiger partial charge on any atom is 0.274 e. The molecule has 166 valence electrons. The van der Waals surface area contributed by atoms with Crippen LogP contribution in [0.3, 0.4) is 0 Å². The van der Waals surface area contributed by atoms with Gasteiger partial charge in [-0.05, 0) is 36.4 Å². The average Bonchev–Trinajstić information content (AvgIpc) is 3.41. The van der Waals surface area contributed by atoms with E-state index < -0.39 is 5.82 Å². The fraction of sp³-hybridized carbons (Fsp3) is 0.125. The number of nitrogens with zero attached hydrogens (tertiary/aromatic N) is 2. The van der Waals surface area contributed by atoms with E-state index >= 15 is 0 Å². The summed E-state index contributed by atoms with van der Waals surface area (Å²) in [6, 6.07) is 10.7. The summed E-state index contributed by atoms with van der Waals surface area (Å²) < 4.78 is 21.1. The lowest BCUT2D eigenvalue weighted by molar-refractivity contribution is -0.121. The van der Waals surface area contributed by atoms with Gasteiger partial charge in [-0.2, -0.15) is 0 Å². The number of hydrogen-bond donors (Lipinski definition) is 1. The van der Waals surface area contributed by atoms with Crippen LogP contribution in [-0.2, 0) is 16.6 Å². The Kier molecular flexibility index (Phi) is 5.02. The summed E-state index contributed by atoms with van der Waals surface area (Å²) in [5, 5.41) is 0.561. The topological polar surface area (TPSA) is 84.4 Å². The van der Waals surface area contributed by atoms with Crippen molar-refractivity contribution in [3.63, 3.8) is 0 Å². The Labute approximate surface area is 192 Å². The molecule has 4 aromatic rings. The fourth-order valence-electron chi connectivity index (χ4n) is 3.97. The molecule has 2 aromatic heterocycles. The van der Waals surface area contributed by atoms with Gasteiger partial charge in [0.2, 0.25) is 11.8 Å². The Morgan fingerprint density at radius 2 is 1.76 bits per heavy atom. The van der Waals surface area contributed by atoms with Crippen molar-refractivity contribution in [3.8, 4) is 22.6 Å². The van der Waals surface area contributed by atoms with Gasteiger partial charge in [0.05, 0.1) is 10.7 Å². The Morgan fingerprint density at radius 3 is 2.48 bits per heavy atom. The molecule has 0 unspecified atom stereocenters. The summed E-state index contributed by atoms with van der Waals surface area (Å²) in [5.74, 6) is -0.451. The Morgan fingerprint density at radius 1 is 1.00 bits per heavy atom. The summed E-state index contributed by atoms with van der Waals surface area (Å²) in [7, 11) is 1.63. The van der Waals surface area contributed by atoms with E-state index in [2.05, 4.69) is 4.98 Å². The number of hydrogen-bond acceptors (Lipinski definition) is 4. The van der Waals surface area contributed by atoms with Crippen LogP contribution in [0.15, 0.2) is 59.7 Å². The molecule has 5 rings (SSSR count). The first-order chi connectivity index (χ1) is 15.8. The predicted octanol–water partition coefficient (Wildman–Crippen LogP) is 4.77. The lowest BCUT2D eigenvalue weighted by Crippen LogP contribution is -2.28. The zero-order valence-corrected chi connectivity index (χ0v) is 18.1. The highest BCUT2D eigenvalue weighted by molar-refractivity contribution is 6.30. The van der Waals surface area contributed by atoms with Gasteiger partial charge in [0.25, 0.3) is 5.56 Å². The first-order valence-corrected chi connectivity index (χ1v) is 10.5. The first kappa shape index (κ1) is 21.0. The lowest BCUT2D eigenvalue weighted by atomic mass is 10.0. The number of aromatic nitrogens is 2. The molecule has 0 radical (unpaired) electrons. The molecule has 0 spiro atoms. The summed E-state index contributed by atoms with van der Waals surface area (Å²) in [4.78, 5) is 41.3. The van der Waals surface area contributed by atoms with Crippen molar-refractivity contribution in [2.75, 3.05) is 4.90 Å². The molecule has 0 atom stereocenters. The van der Waals surface area contributed by atoms with Crippen LogP contribution in [-0.4, -0.2) is 21.4 Å². The molecule has 3 heterocycles. The van der Waals surface area contributed by atoms with Crippen LogP contribution in [0.2, 0.25) is 5.02 Å². The van der Waals surface area contributed by atoms with Crippen LogP contribution in [0.25, 0.3) is 22.0 Å². The van der Waals surface area contributed by atoms with E-state index in [9.17, 15) is 18.8 Å². The number of halogens is 2. The van der Waals surface area contributed by atoms with Gasteiger partial charge in [0.1, 0.15) is 22.8 Å². The van der Waals surface area contributed by atoms with Crippen molar-refractivity contribution >= 4 is 40.0 Å². The minimum absolute atomic E-state index is 0.0888. The van der Waals surface area contributed by atoms with Crippen LogP contribution in [0.5, 0.6) is 11.5 Å². The van der Waals surface area contributed by atoms with Gasteiger partial charge < -0.3 is 14.3 Å². The van der Waals surface area contributed by atoms with E-state index in [1.54, 1.807) is 43.7 Å². The zero-order chi connectivity index (χ0) is 23.3. The SMILES string of the molecule is Cn1cc(-c2cc(N3C(=O)CCC3=O)ccc2Oc2ccc(F)c(Cl)c2)c2cc[nH]c2c1=O. The minimum atomic E-state index is -0.572. The molecule has 7 nitrogen and oxygen atoms in total. The van der Waals surface area contributed by atoms with Crippen molar-refractivity contribution < 1.29 is 18.7 Å². The Hall–Kier alpha value is -3.91. The van der Waals surface area contributed by atoms with E-state index in [0.717, 1.165) is 4.90 Å². The number of aryl methyl sites for hydroxylation is 1. The Bertz CT molecular complexity index is 1490. The van der Waals surface area contributed by atoms with Crippen LogP contribution < -0.4 is 15.2 Å². The molecule has 33 heavy (non-hydrogen) atoms. The van der Waals surface area contributed by atoms with Gasteiger partial charge >= 0.3 is 0 Å². The first-order valence-electron chi connectivity index (χ1n) is 10.1. The Balaban J connectivity index is 1.72. The minimum Gasteiger partial charge on any atom is -0.457 e. The van der Waals surface area contributed by atoms with Gasteiger partial charge in [0, 0.05) is 54.9 Å². The summed E-state index contributed by atoms with van der Waals surface area (Å²) >= 11 is 5.90. The molecule has 1 N–H and O–H groups in total. The highest BCUT2D eigenvalue weighted by Crippen LogP contribution is 2.40. The fourth-order valence-corrected chi connectivity index (χ4v) is 4.14. The number of rotatable bonds is 4. The number of imide groups is 1. The molecule has 9 heteroatoms. The summed E-state index contributed by atoms with van der Waals surface area (Å²) in [6.07, 6.45) is 3.63. The number of anilines is 1. The maximum atomic E-state index is 13.6. The second-order valence-electron chi connectivity index (χ2n) is 7.71.